The zero-order chi connectivity index (χ0) is 17.2. The summed E-state index contributed by atoms with van der Waals surface area (Å²) in [5.74, 6) is -0.582. The summed E-state index contributed by atoms with van der Waals surface area (Å²) >= 11 is 0. The molecule has 2 aromatic rings. The first-order valence-electron chi connectivity index (χ1n) is 7.74. The van der Waals surface area contributed by atoms with Crippen LogP contribution in [0.1, 0.15) is 24.0 Å². The molecule has 1 aliphatic carbocycles. The van der Waals surface area contributed by atoms with Crippen LogP contribution >= 0.6 is 0 Å². The van der Waals surface area contributed by atoms with Gasteiger partial charge in [0.05, 0.1) is 11.6 Å². The lowest BCUT2D eigenvalue weighted by Gasteiger charge is -2.16. The van der Waals surface area contributed by atoms with Crippen molar-refractivity contribution in [1.82, 2.24) is 0 Å². The second-order valence-corrected chi connectivity index (χ2v) is 5.99. The molecule has 1 fully saturated rings. The molecule has 24 heavy (non-hydrogen) atoms. The number of aryl methyl sites for hydroxylation is 1. The summed E-state index contributed by atoms with van der Waals surface area (Å²) in [6, 6.07) is 16.1. The molecule has 0 heterocycles. The lowest BCUT2D eigenvalue weighted by Crippen LogP contribution is -2.35. The standard InChI is InChI=1S/C19H17N3O2/c1-13-4-2-3-5-16(13)22-18(24)19(10-11-19)17(23)21-15-8-6-14(12-20)7-9-15/h2-9H,10-11H2,1H3,(H,21,23)(H,22,24). The fourth-order valence-electron chi connectivity index (χ4n) is 2.52. The van der Waals surface area contributed by atoms with E-state index in [0.717, 1.165) is 11.3 Å². The van der Waals surface area contributed by atoms with Gasteiger partial charge in [0.25, 0.3) is 0 Å². The third-order valence-electron chi connectivity index (χ3n) is 4.28. The Morgan fingerprint density at radius 2 is 1.62 bits per heavy atom. The van der Waals surface area contributed by atoms with Gasteiger partial charge >= 0.3 is 0 Å². The number of hydrogen-bond donors (Lipinski definition) is 2. The van der Waals surface area contributed by atoms with Gasteiger partial charge < -0.3 is 10.6 Å². The first kappa shape index (κ1) is 15.8. The van der Waals surface area contributed by atoms with Crippen LogP contribution in [0.2, 0.25) is 0 Å². The van der Waals surface area contributed by atoms with Gasteiger partial charge in [0.15, 0.2) is 0 Å². The van der Waals surface area contributed by atoms with Crippen LogP contribution in [0.15, 0.2) is 48.5 Å². The molecular weight excluding hydrogens is 302 g/mol. The van der Waals surface area contributed by atoms with Crippen molar-refractivity contribution in [2.24, 2.45) is 5.41 Å². The summed E-state index contributed by atoms with van der Waals surface area (Å²) in [6.07, 6.45) is 1.07. The summed E-state index contributed by atoms with van der Waals surface area (Å²) in [5.41, 5.74) is 1.77. The molecule has 0 saturated heterocycles. The number of hydrogen-bond acceptors (Lipinski definition) is 3. The zero-order valence-electron chi connectivity index (χ0n) is 13.3. The van der Waals surface area contributed by atoms with Gasteiger partial charge in [0.1, 0.15) is 5.41 Å². The third kappa shape index (κ3) is 2.99. The highest BCUT2D eigenvalue weighted by Crippen LogP contribution is 2.47. The van der Waals surface area contributed by atoms with Crippen LogP contribution in [-0.2, 0) is 9.59 Å². The average Bonchev–Trinajstić information content (AvgIpc) is 3.39. The van der Waals surface area contributed by atoms with Crippen molar-refractivity contribution < 1.29 is 9.59 Å². The number of para-hydroxylation sites is 1. The average molecular weight is 319 g/mol. The number of amides is 2. The third-order valence-corrected chi connectivity index (χ3v) is 4.28. The van der Waals surface area contributed by atoms with Gasteiger partial charge in [-0.3, -0.25) is 9.59 Å². The topological polar surface area (TPSA) is 82.0 Å². The molecule has 0 radical (unpaired) electrons. The maximum absolute atomic E-state index is 12.6. The number of nitrogens with one attached hydrogen (secondary N) is 2. The lowest BCUT2D eigenvalue weighted by molar-refractivity contribution is -0.131. The molecule has 2 amide bonds. The molecule has 120 valence electrons. The van der Waals surface area contributed by atoms with Crippen molar-refractivity contribution >= 4 is 23.2 Å². The number of rotatable bonds is 4. The Morgan fingerprint density at radius 1 is 1.00 bits per heavy atom. The Bertz CT molecular complexity index is 830. The van der Waals surface area contributed by atoms with E-state index in [0.29, 0.717) is 24.1 Å². The van der Waals surface area contributed by atoms with Crippen LogP contribution in [0.3, 0.4) is 0 Å². The summed E-state index contributed by atoms with van der Waals surface area (Å²) in [7, 11) is 0. The molecule has 0 bridgehead atoms. The van der Waals surface area contributed by atoms with Gasteiger partial charge in [-0.05, 0) is 55.7 Å². The van der Waals surface area contributed by atoms with Crippen LogP contribution in [0, 0.1) is 23.7 Å². The maximum atomic E-state index is 12.6. The molecule has 0 unspecified atom stereocenters. The van der Waals surface area contributed by atoms with Crippen molar-refractivity contribution in [1.29, 1.82) is 5.26 Å². The molecular formula is C19H17N3O2. The highest BCUT2D eigenvalue weighted by atomic mass is 16.2. The minimum atomic E-state index is -1.00. The highest BCUT2D eigenvalue weighted by Gasteiger charge is 2.56. The number of nitriles is 1. The second kappa shape index (κ2) is 6.17. The summed E-state index contributed by atoms with van der Waals surface area (Å²) < 4.78 is 0. The zero-order valence-corrected chi connectivity index (χ0v) is 13.3. The van der Waals surface area contributed by atoms with E-state index in [9.17, 15) is 9.59 Å². The molecule has 2 N–H and O–H groups in total. The number of anilines is 2. The van der Waals surface area contributed by atoms with Gasteiger partial charge in [-0.25, -0.2) is 0 Å². The van der Waals surface area contributed by atoms with E-state index >= 15 is 0 Å². The van der Waals surface area contributed by atoms with Crippen molar-refractivity contribution in [3.63, 3.8) is 0 Å². The minimum absolute atomic E-state index is 0.275. The molecule has 0 atom stereocenters. The van der Waals surface area contributed by atoms with E-state index in [1.54, 1.807) is 24.3 Å². The van der Waals surface area contributed by atoms with E-state index < -0.39 is 5.41 Å². The minimum Gasteiger partial charge on any atom is -0.325 e. The summed E-state index contributed by atoms with van der Waals surface area (Å²) in [5, 5.41) is 14.4. The predicted octanol–water partition coefficient (Wildman–Crippen LogP) is 3.22. The van der Waals surface area contributed by atoms with E-state index in [-0.39, 0.29) is 11.8 Å². The Balaban J connectivity index is 1.70. The smallest absolute Gasteiger partial charge is 0.240 e. The van der Waals surface area contributed by atoms with Crippen LogP contribution in [0.25, 0.3) is 0 Å². The first-order chi connectivity index (χ1) is 11.5. The van der Waals surface area contributed by atoms with Crippen LogP contribution in [0.5, 0.6) is 0 Å². The van der Waals surface area contributed by atoms with Crippen molar-refractivity contribution in [2.45, 2.75) is 19.8 Å². The number of carbonyl (C=O) groups excluding carboxylic acids is 2. The van der Waals surface area contributed by atoms with E-state index in [1.807, 2.05) is 37.3 Å². The van der Waals surface area contributed by atoms with E-state index in [2.05, 4.69) is 10.6 Å². The van der Waals surface area contributed by atoms with E-state index in [4.69, 9.17) is 5.26 Å². The van der Waals surface area contributed by atoms with E-state index in [1.165, 1.54) is 0 Å². The lowest BCUT2D eigenvalue weighted by atomic mass is 10.0. The van der Waals surface area contributed by atoms with Gasteiger partial charge in [0, 0.05) is 11.4 Å². The van der Waals surface area contributed by atoms with Crippen LogP contribution < -0.4 is 10.6 Å². The van der Waals surface area contributed by atoms with Crippen molar-refractivity contribution in [3.05, 3.63) is 59.7 Å². The van der Waals surface area contributed by atoms with Gasteiger partial charge in [-0.1, -0.05) is 18.2 Å². The monoisotopic (exact) mass is 319 g/mol. The molecule has 5 heteroatoms. The highest BCUT2D eigenvalue weighted by molar-refractivity contribution is 6.17. The van der Waals surface area contributed by atoms with Gasteiger partial charge in [-0.2, -0.15) is 5.26 Å². The Labute approximate surface area is 140 Å². The fraction of sp³-hybridized carbons (Fsp3) is 0.211. The molecule has 1 saturated carbocycles. The van der Waals surface area contributed by atoms with Crippen LogP contribution in [-0.4, -0.2) is 11.8 Å². The van der Waals surface area contributed by atoms with Crippen LogP contribution in [0.4, 0.5) is 11.4 Å². The SMILES string of the molecule is Cc1ccccc1NC(=O)C1(C(=O)Nc2ccc(C#N)cc2)CC1. The maximum Gasteiger partial charge on any atom is 0.240 e. The number of nitrogens with zero attached hydrogens (tertiary/aromatic N) is 1. The Hall–Kier alpha value is -3.13. The summed E-state index contributed by atoms with van der Waals surface area (Å²) in [6.45, 7) is 1.91. The summed E-state index contributed by atoms with van der Waals surface area (Å²) in [4.78, 5) is 25.1. The molecule has 2 aromatic carbocycles. The van der Waals surface area contributed by atoms with Gasteiger partial charge in [0.2, 0.25) is 11.8 Å². The van der Waals surface area contributed by atoms with Gasteiger partial charge in [-0.15, -0.1) is 0 Å². The first-order valence-corrected chi connectivity index (χ1v) is 7.74. The number of benzene rings is 2. The molecule has 3 rings (SSSR count). The Morgan fingerprint density at radius 3 is 2.21 bits per heavy atom. The molecule has 0 aliphatic heterocycles. The van der Waals surface area contributed by atoms with Crippen molar-refractivity contribution in [3.8, 4) is 6.07 Å². The quantitative estimate of drug-likeness (QED) is 0.849. The molecule has 0 aromatic heterocycles. The number of carbonyl (C=O) groups is 2. The molecule has 5 nitrogen and oxygen atoms in total. The molecule has 1 aliphatic rings. The Kier molecular flexibility index (Phi) is 4.05. The largest absolute Gasteiger partial charge is 0.325 e. The predicted molar refractivity (Wildman–Crippen MR) is 91.3 cm³/mol. The molecule has 0 spiro atoms. The second-order valence-electron chi connectivity index (χ2n) is 5.99. The normalized spacial score (nSPS) is 14.3. The fourth-order valence-corrected chi connectivity index (χ4v) is 2.52. The van der Waals surface area contributed by atoms with Crippen molar-refractivity contribution in [2.75, 3.05) is 10.6 Å².